The molecule has 1 amide bonds. The van der Waals surface area contributed by atoms with E-state index in [1.165, 1.54) is 18.2 Å². The highest BCUT2D eigenvalue weighted by atomic mass is 79.9. The van der Waals surface area contributed by atoms with Crippen molar-refractivity contribution in [1.82, 2.24) is 4.72 Å². The van der Waals surface area contributed by atoms with Crippen molar-refractivity contribution in [3.8, 4) is 0 Å². The molecule has 0 aliphatic carbocycles. The van der Waals surface area contributed by atoms with Crippen LogP contribution in [-0.2, 0) is 14.8 Å². The molecule has 0 fully saturated rings. The number of hydrogen-bond acceptors (Lipinski definition) is 3. The summed E-state index contributed by atoms with van der Waals surface area (Å²) in [5.74, 6) is -0.963. The molecule has 0 spiro atoms. The number of primary amides is 1. The van der Waals surface area contributed by atoms with E-state index >= 15 is 0 Å². The first kappa shape index (κ1) is 16.4. The highest BCUT2D eigenvalue weighted by Gasteiger charge is 2.26. The molecule has 1 rings (SSSR count). The maximum Gasteiger partial charge on any atom is 0.241 e. The van der Waals surface area contributed by atoms with Gasteiger partial charge in [0.15, 0.2) is 0 Å². The maximum absolute atomic E-state index is 12.1. The van der Waals surface area contributed by atoms with Crippen LogP contribution in [0, 0.1) is 5.92 Å². The van der Waals surface area contributed by atoms with Gasteiger partial charge in [0, 0.05) is 4.47 Å². The van der Waals surface area contributed by atoms with Crippen LogP contribution in [-0.4, -0.2) is 20.4 Å². The van der Waals surface area contributed by atoms with E-state index < -0.39 is 22.0 Å². The molecule has 0 aromatic heterocycles. The van der Waals surface area contributed by atoms with Crippen molar-refractivity contribution in [1.29, 1.82) is 0 Å². The van der Waals surface area contributed by atoms with Crippen molar-refractivity contribution in [2.24, 2.45) is 11.7 Å². The van der Waals surface area contributed by atoms with Gasteiger partial charge in [0.05, 0.1) is 9.92 Å². The average Bonchev–Trinajstić information content (AvgIpc) is 2.28. The minimum atomic E-state index is -3.83. The van der Waals surface area contributed by atoms with Crippen molar-refractivity contribution < 1.29 is 13.2 Å². The standard InChI is InChI=1S/C11H14BrClN2O3S/c1-6(2)10(11(14)16)15-19(17,18)7-3-4-9(13)8(12)5-7/h3-6,10,15H,1-2H3,(H2,14,16). The first-order valence-electron chi connectivity index (χ1n) is 5.42. The van der Waals surface area contributed by atoms with E-state index in [2.05, 4.69) is 20.7 Å². The van der Waals surface area contributed by atoms with Crippen LogP contribution in [0.1, 0.15) is 13.8 Å². The Bertz CT molecular complexity index is 590. The molecule has 0 saturated carbocycles. The lowest BCUT2D eigenvalue weighted by Gasteiger charge is -2.19. The SMILES string of the molecule is CC(C)C(NS(=O)(=O)c1ccc(Cl)c(Br)c1)C(N)=O. The molecule has 1 unspecified atom stereocenters. The van der Waals surface area contributed by atoms with Gasteiger partial charge in [-0.3, -0.25) is 4.79 Å². The molecule has 1 atom stereocenters. The minimum Gasteiger partial charge on any atom is -0.368 e. The molecule has 106 valence electrons. The van der Waals surface area contributed by atoms with Crippen LogP contribution in [0.4, 0.5) is 0 Å². The zero-order valence-electron chi connectivity index (χ0n) is 10.4. The van der Waals surface area contributed by atoms with Gasteiger partial charge < -0.3 is 5.73 Å². The summed E-state index contributed by atoms with van der Waals surface area (Å²) in [7, 11) is -3.83. The Labute approximate surface area is 125 Å². The largest absolute Gasteiger partial charge is 0.368 e. The molecule has 0 aliphatic rings. The number of benzene rings is 1. The van der Waals surface area contributed by atoms with Crippen LogP contribution in [0.15, 0.2) is 27.6 Å². The number of sulfonamides is 1. The lowest BCUT2D eigenvalue weighted by molar-refractivity contribution is -0.120. The number of hydrogen-bond donors (Lipinski definition) is 2. The smallest absolute Gasteiger partial charge is 0.241 e. The fraction of sp³-hybridized carbons (Fsp3) is 0.364. The third-order valence-electron chi connectivity index (χ3n) is 2.46. The predicted octanol–water partition coefficient (Wildman–Crippen LogP) is 1.89. The summed E-state index contributed by atoms with van der Waals surface area (Å²) >= 11 is 8.95. The number of nitrogens with one attached hydrogen (secondary N) is 1. The second-order valence-corrected chi connectivity index (χ2v) is 7.30. The van der Waals surface area contributed by atoms with Crippen LogP contribution in [0.2, 0.25) is 5.02 Å². The Kier molecular flexibility index (Phi) is 5.37. The fourth-order valence-corrected chi connectivity index (χ4v) is 3.43. The Morgan fingerprint density at radius 1 is 1.42 bits per heavy atom. The molecule has 1 aromatic carbocycles. The third kappa shape index (κ3) is 4.17. The number of nitrogens with two attached hydrogens (primary N) is 1. The van der Waals surface area contributed by atoms with Gasteiger partial charge in [0.2, 0.25) is 15.9 Å². The second-order valence-electron chi connectivity index (χ2n) is 4.32. The van der Waals surface area contributed by atoms with Gasteiger partial charge in [0.1, 0.15) is 6.04 Å². The molecule has 1 aromatic rings. The lowest BCUT2D eigenvalue weighted by Crippen LogP contribution is -2.47. The Morgan fingerprint density at radius 2 is 2.00 bits per heavy atom. The van der Waals surface area contributed by atoms with Gasteiger partial charge in [0.25, 0.3) is 0 Å². The van der Waals surface area contributed by atoms with Crippen LogP contribution in [0.25, 0.3) is 0 Å². The number of carbonyl (C=O) groups is 1. The van der Waals surface area contributed by atoms with Crippen molar-refractivity contribution in [2.45, 2.75) is 24.8 Å². The number of halogens is 2. The molecular formula is C11H14BrClN2O3S. The molecule has 0 saturated heterocycles. The molecule has 3 N–H and O–H groups in total. The number of amides is 1. The van der Waals surface area contributed by atoms with Crippen molar-refractivity contribution in [3.63, 3.8) is 0 Å². The molecule has 0 radical (unpaired) electrons. The summed E-state index contributed by atoms with van der Waals surface area (Å²) in [5, 5.41) is 0.397. The Hall–Kier alpha value is -0.630. The van der Waals surface area contributed by atoms with Gasteiger partial charge in [-0.25, -0.2) is 8.42 Å². The quantitative estimate of drug-likeness (QED) is 0.830. The van der Waals surface area contributed by atoms with Crippen LogP contribution in [0.3, 0.4) is 0 Å². The van der Waals surface area contributed by atoms with E-state index in [0.29, 0.717) is 9.50 Å². The topological polar surface area (TPSA) is 89.3 Å². The molecule has 8 heteroatoms. The van der Waals surface area contributed by atoms with Gasteiger partial charge >= 0.3 is 0 Å². The van der Waals surface area contributed by atoms with Crippen LogP contribution in [0.5, 0.6) is 0 Å². The zero-order valence-corrected chi connectivity index (χ0v) is 13.5. The first-order valence-corrected chi connectivity index (χ1v) is 8.07. The van der Waals surface area contributed by atoms with Crippen molar-refractivity contribution in [3.05, 3.63) is 27.7 Å². The summed E-state index contributed by atoms with van der Waals surface area (Å²) in [6, 6.07) is 3.21. The fourth-order valence-electron chi connectivity index (χ4n) is 1.40. The van der Waals surface area contributed by atoms with E-state index in [-0.39, 0.29) is 10.8 Å². The third-order valence-corrected chi connectivity index (χ3v) is 5.11. The summed E-state index contributed by atoms with van der Waals surface area (Å²) in [6.45, 7) is 3.41. The van der Waals surface area contributed by atoms with E-state index in [1.54, 1.807) is 13.8 Å². The summed E-state index contributed by atoms with van der Waals surface area (Å²) in [5.41, 5.74) is 5.18. The van der Waals surface area contributed by atoms with E-state index in [9.17, 15) is 13.2 Å². The molecule has 0 heterocycles. The first-order chi connectivity index (χ1) is 8.65. The molecule has 0 aliphatic heterocycles. The van der Waals surface area contributed by atoms with Crippen molar-refractivity contribution in [2.75, 3.05) is 0 Å². The average molecular weight is 370 g/mol. The highest BCUT2D eigenvalue weighted by Crippen LogP contribution is 2.25. The van der Waals surface area contributed by atoms with Crippen LogP contribution < -0.4 is 10.5 Å². The summed E-state index contributed by atoms with van der Waals surface area (Å²) in [6.07, 6.45) is 0. The molecule has 5 nitrogen and oxygen atoms in total. The second kappa shape index (κ2) is 6.21. The molecule has 0 bridgehead atoms. The van der Waals surface area contributed by atoms with Gasteiger partial charge in [-0.05, 0) is 40.0 Å². The zero-order chi connectivity index (χ0) is 14.8. The minimum absolute atomic E-state index is 0.00988. The molecule has 19 heavy (non-hydrogen) atoms. The predicted molar refractivity (Wildman–Crippen MR) is 77.3 cm³/mol. The van der Waals surface area contributed by atoms with Gasteiger partial charge in [-0.2, -0.15) is 4.72 Å². The normalized spacial score (nSPS) is 13.5. The summed E-state index contributed by atoms with van der Waals surface area (Å²) in [4.78, 5) is 11.2. The van der Waals surface area contributed by atoms with E-state index in [1.807, 2.05) is 0 Å². The number of carbonyl (C=O) groups excluding carboxylic acids is 1. The monoisotopic (exact) mass is 368 g/mol. The van der Waals surface area contributed by atoms with Crippen LogP contribution >= 0.6 is 27.5 Å². The molecular weight excluding hydrogens is 356 g/mol. The maximum atomic E-state index is 12.1. The Balaban J connectivity index is 3.10. The number of rotatable bonds is 5. The van der Waals surface area contributed by atoms with Gasteiger partial charge in [-0.1, -0.05) is 25.4 Å². The summed E-state index contributed by atoms with van der Waals surface area (Å²) < 4.78 is 27.0. The van der Waals surface area contributed by atoms with E-state index in [4.69, 9.17) is 17.3 Å². The lowest BCUT2D eigenvalue weighted by atomic mass is 10.1. The van der Waals surface area contributed by atoms with Gasteiger partial charge in [-0.15, -0.1) is 0 Å². The van der Waals surface area contributed by atoms with Crippen molar-refractivity contribution >= 4 is 43.5 Å². The Morgan fingerprint density at radius 3 is 2.42 bits per heavy atom. The van der Waals surface area contributed by atoms with E-state index in [0.717, 1.165) is 0 Å². The highest BCUT2D eigenvalue weighted by molar-refractivity contribution is 9.10.